The number of para-hydroxylation sites is 1. The summed E-state index contributed by atoms with van der Waals surface area (Å²) < 4.78 is 6.14. The number of rotatable bonds is 14. The number of halogens is 1. The minimum Gasteiger partial charge on any atom is -0.489 e. The molecule has 0 spiro atoms. The Balaban J connectivity index is 0.00000576. The molecule has 0 aliphatic carbocycles. The molecule has 2 N–H and O–H groups in total. The van der Waals surface area contributed by atoms with Gasteiger partial charge in [-0.25, -0.2) is 0 Å². The molecule has 0 aliphatic heterocycles. The van der Waals surface area contributed by atoms with Gasteiger partial charge in [-0.05, 0) is 38.8 Å². The van der Waals surface area contributed by atoms with E-state index in [0.29, 0.717) is 0 Å². The third-order valence-corrected chi connectivity index (χ3v) is 4.67. The molecular weight excluding hydrogens is 330 g/mol. The van der Waals surface area contributed by atoms with Crippen molar-refractivity contribution in [3.8, 4) is 5.75 Å². The van der Waals surface area contributed by atoms with Crippen LogP contribution < -0.4 is 10.5 Å². The third kappa shape index (κ3) is 12.3. The monoisotopic (exact) mass is 369 g/mol. The van der Waals surface area contributed by atoms with Crippen LogP contribution >= 0.6 is 12.4 Å². The smallest absolute Gasteiger partial charge is 0.119 e. The molecule has 1 aromatic rings. The molecule has 1 atom stereocenters. The summed E-state index contributed by atoms with van der Waals surface area (Å²) in [6.07, 6.45) is 14.7. The molecule has 3 heteroatoms. The normalized spacial score (nSPS) is 12.5. The molecule has 0 amide bonds. The second-order valence-electron chi connectivity index (χ2n) is 7.71. The van der Waals surface area contributed by atoms with Gasteiger partial charge in [-0.15, -0.1) is 12.4 Å². The van der Waals surface area contributed by atoms with Crippen molar-refractivity contribution in [3.63, 3.8) is 0 Å². The lowest BCUT2D eigenvalue weighted by Gasteiger charge is -2.31. The van der Waals surface area contributed by atoms with E-state index in [-0.39, 0.29) is 24.0 Å². The highest BCUT2D eigenvalue weighted by Crippen LogP contribution is 2.21. The molecule has 25 heavy (non-hydrogen) atoms. The summed E-state index contributed by atoms with van der Waals surface area (Å²) in [5.74, 6) is 0.924. The molecule has 0 radical (unpaired) electrons. The van der Waals surface area contributed by atoms with Crippen molar-refractivity contribution in [1.82, 2.24) is 0 Å². The number of unbranched alkanes of at least 4 members (excludes halogenated alkanes) is 9. The van der Waals surface area contributed by atoms with Crippen LogP contribution in [0.15, 0.2) is 30.3 Å². The van der Waals surface area contributed by atoms with Crippen LogP contribution in [0, 0.1) is 0 Å². The van der Waals surface area contributed by atoms with Crippen LogP contribution in [0.5, 0.6) is 5.75 Å². The lowest BCUT2D eigenvalue weighted by atomic mass is 9.93. The Morgan fingerprint density at radius 2 is 1.32 bits per heavy atom. The van der Waals surface area contributed by atoms with Crippen LogP contribution in [-0.2, 0) is 0 Å². The molecule has 1 unspecified atom stereocenters. The van der Waals surface area contributed by atoms with Gasteiger partial charge in [-0.2, -0.15) is 0 Å². The van der Waals surface area contributed by atoms with Gasteiger partial charge in [0.1, 0.15) is 11.9 Å². The van der Waals surface area contributed by atoms with Gasteiger partial charge in [0, 0.05) is 5.54 Å². The van der Waals surface area contributed by atoms with Crippen LogP contribution in [0.3, 0.4) is 0 Å². The molecule has 0 fully saturated rings. The summed E-state index contributed by atoms with van der Waals surface area (Å²) in [5, 5.41) is 0. The van der Waals surface area contributed by atoms with Gasteiger partial charge in [0.25, 0.3) is 0 Å². The summed E-state index contributed by atoms with van der Waals surface area (Å²) in [6.45, 7) is 6.41. The Kier molecular flexibility index (Phi) is 14.0. The fraction of sp³-hybridized carbons (Fsp3) is 0.727. The van der Waals surface area contributed by atoms with E-state index in [1.54, 1.807) is 0 Å². The number of ether oxygens (including phenoxy) is 1. The second kappa shape index (κ2) is 14.4. The molecule has 0 bridgehead atoms. The van der Waals surface area contributed by atoms with Gasteiger partial charge in [0.2, 0.25) is 0 Å². The van der Waals surface area contributed by atoms with E-state index in [4.69, 9.17) is 10.5 Å². The highest BCUT2D eigenvalue weighted by molar-refractivity contribution is 5.85. The van der Waals surface area contributed by atoms with E-state index in [9.17, 15) is 0 Å². The maximum Gasteiger partial charge on any atom is 0.119 e. The third-order valence-electron chi connectivity index (χ3n) is 4.67. The Morgan fingerprint density at radius 1 is 0.840 bits per heavy atom. The van der Waals surface area contributed by atoms with Gasteiger partial charge in [0.05, 0.1) is 0 Å². The first-order valence-electron chi connectivity index (χ1n) is 10.0. The fourth-order valence-electron chi connectivity index (χ4n) is 3.06. The molecule has 0 aliphatic rings. The van der Waals surface area contributed by atoms with Crippen LogP contribution in [0.1, 0.15) is 91.4 Å². The largest absolute Gasteiger partial charge is 0.489 e. The lowest BCUT2D eigenvalue weighted by Crippen LogP contribution is -2.48. The SMILES string of the molecule is CCCCCCCCCCCCC(Oc1ccccc1)C(C)(C)N.Cl. The average molecular weight is 370 g/mol. The molecule has 0 saturated heterocycles. The molecule has 0 saturated carbocycles. The molecule has 0 aromatic heterocycles. The quantitative estimate of drug-likeness (QED) is 0.362. The number of benzene rings is 1. The zero-order valence-electron chi connectivity index (χ0n) is 16.6. The first-order valence-corrected chi connectivity index (χ1v) is 10.0. The van der Waals surface area contributed by atoms with Crippen LogP contribution in [0.4, 0.5) is 0 Å². The van der Waals surface area contributed by atoms with Crippen molar-refractivity contribution in [3.05, 3.63) is 30.3 Å². The van der Waals surface area contributed by atoms with Gasteiger partial charge < -0.3 is 10.5 Å². The van der Waals surface area contributed by atoms with Gasteiger partial charge in [-0.1, -0.05) is 82.9 Å². The minimum atomic E-state index is -0.310. The van der Waals surface area contributed by atoms with Crippen molar-refractivity contribution in [2.24, 2.45) is 5.73 Å². The maximum absolute atomic E-state index is 6.32. The first-order chi connectivity index (χ1) is 11.5. The number of hydrogen-bond donors (Lipinski definition) is 1. The fourth-order valence-corrected chi connectivity index (χ4v) is 3.06. The van der Waals surface area contributed by atoms with Crippen molar-refractivity contribution in [1.29, 1.82) is 0 Å². The minimum absolute atomic E-state index is 0. The topological polar surface area (TPSA) is 35.2 Å². The zero-order chi connectivity index (χ0) is 17.7. The van der Waals surface area contributed by atoms with E-state index in [0.717, 1.165) is 12.2 Å². The molecule has 1 aromatic carbocycles. The predicted molar refractivity (Wildman–Crippen MR) is 113 cm³/mol. The van der Waals surface area contributed by atoms with Crippen molar-refractivity contribution < 1.29 is 4.74 Å². The van der Waals surface area contributed by atoms with Gasteiger partial charge in [0.15, 0.2) is 0 Å². The lowest BCUT2D eigenvalue weighted by molar-refractivity contribution is 0.117. The molecule has 146 valence electrons. The van der Waals surface area contributed by atoms with Gasteiger partial charge in [-0.3, -0.25) is 0 Å². The van der Waals surface area contributed by atoms with Crippen molar-refractivity contribution in [2.45, 2.75) is 103 Å². The molecular formula is C22H40ClNO. The van der Waals surface area contributed by atoms with E-state index in [2.05, 4.69) is 20.8 Å². The summed E-state index contributed by atoms with van der Waals surface area (Å²) in [4.78, 5) is 0. The maximum atomic E-state index is 6.32. The summed E-state index contributed by atoms with van der Waals surface area (Å²) in [6, 6.07) is 10.1. The van der Waals surface area contributed by atoms with Crippen LogP contribution in [0.2, 0.25) is 0 Å². The Morgan fingerprint density at radius 3 is 1.80 bits per heavy atom. The van der Waals surface area contributed by atoms with E-state index in [1.807, 2.05) is 30.3 Å². The first kappa shape index (κ1) is 24.3. The standard InChI is InChI=1S/C22H39NO.ClH/c1-4-5-6-7-8-9-10-11-12-16-19-21(22(2,3)23)24-20-17-14-13-15-18-20;/h13-15,17-18,21H,4-12,16,19,23H2,1-3H3;1H. The van der Waals surface area contributed by atoms with E-state index >= 15 is 0 Å². The Bertz CT molecular complexity index is 402. The van der Waals surface area contributed by atoms with Crippen LogP contribution in [0.25, 0.3) is 0 Å². The van der Waals surface area contributed by atoms with Crippen molar-refractivity contribution >= 4 is 12.4 Å². The van der Waals surface area contributed by atoms with Crippen molar-refractivity contribution in [2.75, 3.05) is 0 Å². The number of nitrogens with two attached hydrogens (primary N) is 1. The Hall–Kier alpha value is -0.730. The predicted octanol–water partition coefficient (Wildman–Crippen LogP) is 6.90. The summed E-state index contributed by atoms with van der Waals surface area (Å²) in [5.41, 5.74) is 6.01. The molecule has 2 nitrogen and oxygen atoms in total. The summed E-state index contributed by atoms with van der Waals surface area (Å²) >= 11 is 0. The number of hydrogen-bond acceptors (Lipinski definition) is 2. The second-order valence-corrected chi connectivity index (χ2v) is 7.71. The summed E-state index contributed by atoms with van der Waals surface area (Å²) in [7, 11) is 0. The van der Waals surface area contributed by atoms with E-state index < -0.39 is 0 Å². The molecule has 1 rings (SSSR count). The molecule has 0 heterocycles. The van der Waals surface area contributed by atoms with Crippen LogP contribution in [-0.4, -0.2) is 11.6 Å². The average Bonchev–Trinajstić information content (AvgIpc) is 2.55. The highest BCUT2D eigenvalue weighted by Gasteiger charge is 2.26. The zero-order valence-corrected chi connectivity index (χ0v) is 17.5. The van der Waals surface area contributed by atoms with E-state index in [1.165, 1.54) is 64.2 Å². The highest BCUT2D eigenvalue weighted by atomic mass is 35.5. The Labute approximate surface area is 162 Å². The van der Waals surface area contributed by atoms with Gasteiger partial charge >= 0.3 is 0 Å².